The van der Waals surface area contributed by atoms with Crippen LogP contribution in [-0.4, -0.2) is 43.4 Å². The summed E-state index contributed by atoms with van der Waals surface area (Å²) in [7, 11) is 3.41. The van der Waals surface area contributed by atoms with Gasteiger partial charge in [-0.1, -0.05) is 29.4 Å². The Morgan fingerprint density at radius 3 is 2.70 bits per heavy atom. The van der Waals surface area contributed by atoms with Gasteiger partial charge in [0.2, 0.25) is 5.91 Å². The van der Waals surface area contributed by atoms with E-state index in [-0.39, 0.29) is 11.9 Å². The van der Waals surface area contributed by atoms with Crippen molar-refractivity contribution in [2.45, 2.75) is 19.0 Å². The van der Waals surface area contributed by atoms with E-state index in [0.717, 1.165) is 24.1 Å². The summed E-state index contributed by atoms with van der Waals surface area (Å²) in [5.41, 5.74) is 7.52. The Labute approximate surface area is 118 Å². The molecule has 0 spiro atoms. The summed E-state index contributed by atoms with van der Waals surface area (Å²) in [6.45, 7) is 1.51. The van der Waals surface area contributed by atoms with Crippen molar-refractivity contribution in [1.82, 2.24) is 10.2 Å². The number of likely N-dealkylation sites (tertiary alicyclic amines) is 1. The minimum Gasteiger partial charge on any atom is -0.397 e. The summed E-state index contributed by atoms with van der Waals surface area (Å²) >= 11 is 0. The van der Waals surface area contributed by atoms with E-state index in [1.54, 1.807) is 0 Å². The highest BCUT2D eigenvalue weighted by Gasteiger charge is 2.30. The normalized spacial score (nSPS) is 19.3. The third-order valence-electron chi connectivity index (χ3n) is 3.50. The van der Waals surface area contributed by atoms with Gasteiger partial charge in [0.15, 0.2) is 5.84 Å². The van der Waals surface area contributed by atoms with Crippen LogP contribution >= 0.6 is 0 Å². The lowest BCUT2D eigenvalue weighted by atomic mass is 10.0. The van der Waals surface area contributed by atoms with Crippen LogP contribution in [0, 0.1) is 0 Å². The topological polar surface area (TPSA) is 80.0 Å². The van der Waals surface area contributed by atoms with E-state index in [2.05, 4.69) is 15.3 Å². The number of oxime groups is 1. The molecule has 0 radical (unpaired) electrons. The number of likely N-dealkylation sites (N-methyl/N-ethyl adjacent to an activating group) is 1. The van der Waals surface area contributed by atoms with Gasteiger partial charge in [-0.15, -0.1) is 0 Å². The van der Waals surface area contributed by atoms with Gasteiger partial charge in [0.05, 0.1) is 6.04 Å². The molecule has 1 aliphatic heterocycles. The number of carbonyl (C=O) groups is 1. The average Bonchev–Trinajstić information content (AvgIpc) is 2.44. The second-order valence-electron chi connectivity index (χ2n) is 4.86. The first kappa shape index (κ1) is 14.3. The number of carbonyl (C=O) groups excluding carboxylic acids is 1. The van der Waals surface area contributed by atoms with E-state index in [1.807, 2.05) is 36.2 Å². The van der Waals surface area contributed by atoms with E-state index in [9.17, 15) is 4.79 Å². The number of amidine groups is 1. The van der Waals surface area contributed by atoms with Crippen LogP contribution in [0.15, 0.2) is 29.4 Å². The number of amides is 1. The van der Waals surface area contributed by atoms with Crippen LogP contribution in [0.1, 0.15) is 17.5 Å². The molecule has 6 nitrogen and oxygen atoms in total. The molecule has 0 bridgehead atoms. The average molecular weight is 276 g/mol. The van der Waals surface area contributed by atoms with Crippen LogP contribution in [-0.2, 0) is 16.2 Å². The van der Waals surface area contributed by atoms with Gasteiger partial charge in [-0.05, 0) is 19.0 Å². The molecular weight excluding hydrogens is 256 g/mol. The van der Waals surface area contributed by atoms with Gasteiger partial charge in [0.1, 0.15) is 7.11 Å². The Bertz CT molecular complexity index is 498. The molecule has 0 aromatic heterocycles. The number of nitrogens with zero attached hydrogens (tertiary/aromatic N) is 2. The highest BCUT2D eigenvalue weighted by Crippen LogP contribution is 2.14. The summed E-state index contributed by atoms with van der Waals surface area (Å²) in [5.74, 6) is 0.419. The molecule has 3 N–H and O–H groups in total. The molecule has 1 fully saturated rings. The Morgan fingerprint density at radius 2 is 2.20 bits per heavy atom. The van der Waals surface area contributed by atoms with Crippen molar-refractivity contribution in [3.63, 3.8) is 0 Å². The molecule has 1 aromatic carbocycles. The van der Waals surface area contributed by atoms with Crippen molar-refractivity contribution in [1.29, 1.82) is 0 Å². The summed E-state index contributed by atoms with van der Waals surface area (Å²) in [6, 6.07) is 7.57. The SMILES string of the molecule is CO/N=C(\N)c1ccc(CNC(=O)C2CCN2C)cc1. The van der Waals surface area contributed by atoms with E-state index in [1.165, 1.54) is 7.11 Å². The predicted octanol–water partition coefficient (Wildman–Crippen LogP) is 0.274. The van der Waals surface area contributed by atoms with Gasteiger partial charge in [-0.25, -0.2) is 0 Å². The monoisotopic (exact) mass is 276 g/mol. The van der Waals surface area contributed by atoms with Crippen LogP contribution in [0.25, 0.3) is 0 Å². The third kappa shape index (κ3) is 3.27. The molecule has 1 heterocycles. The van der Waals surface area contributed by atoms with Crippen molar-refractivity contribution < 1.29 is 9.63 Å². The Hall–Kier alpha value is -2.08. The molecule has 0 aliphatic carbocycles. The van der Waals surface area contributed by atoms with Crippen molar-refractivity contribution in [3.8, 4) is 0 Å². The van der Waals surface area contributed by atoms with Gasteiger partial charge in [0, 0.05) is 18.7 Å². The molecule has 0 saturated carbocycles. The Balaban J connectivity index is 1.88. The van der Waals surface area contributed by atoms with Crippen LogP contribution in [0.3, 0.4) is 0 Å². The highest BCUT2D eigenvalue weighted by molar-refractivity contribution is 5.97. The molecular formula is C14H20N4O2. The fraction of sp³-hybridized carbons (Fsp3) is 0.429. The first-order valence-electron chi connectivity index (χ1n) is 6.55. The quantitative estimate of drug-likeness (QED) is 0.460. The smallest absolute Gasteiger partial charge is 0.237 e. The minimum atomic E-state index is 0.0266. The maximum Gasteiger partial charge on any atom is 0.237 e. The standard InChI is InChI=1S/C14H20N4O2/c1-18-8-7-12(18)14(19)16-9-10-3-5-11(6-4-10)13(15)17-20-2/h3-6,12H,7-9H2,1-2H3,(H2,15,17)(H,16,19). The number of benzene rings is 1. The zero-order chi connectivity index (χ0) is 14.5. The van der Waals surface area contributed by atoms with Gasteiger partial charge in [-0.3, -0.25) is 9.69 Å². The summed E-state index contributed by atoms with van der Waals surface area (Å²) in [6.07, 6.45) is 0.936. The number of rotatable bonds is 5. The van der Waals surface area contributed by atoms with E-state index in [0.29, 0.717) is 12.4 Å². The Morgan fingerprint density at radius 1 is 1.50 bits per heavy atom. The third-order valence-corrected chi connectivity index (χ3v) is 3.50. The Kier molecular flexibility index (Phi) is 4.57. The fourth-order valence-electron chi connectivity index (χ4n) is 2.10. The van der Waals surface area contributed by atoms with Gasteiger partial charge >= 0.3 is 0 Å². The molecule has 2 rings (SSSR count). The molecule has 1 amide bonds. The van der Waals surface area contributed by atoms with Gasteiger partial charge in [0.25, 0.3) is 0 Å². The lowest BCUT2D eigenvalue weighted by Gasteiger charge is -2.36. The maximum absolute atomic E-state index is 11.9. The fourth-order valence-corrected chi connectivity index (χ4v) is 2.10. The summed E-state index contributed by atoms with van der Waals surface area (Å²) in [4.78, 5) is 18.5. The number of nitrogens with one attached hydrogen (secondary N) is 1. The molecule has 1 atom stereocenters. The van der Waals surface area contributed by atoms with Crippen molar-refractivity contribution >= 4 is 11.7 Å². The second-order valence-corrected chi connectivity index (χ2v) is 4.86. The molecule has 1 unspecified atom stereocenters. The minimum absolute atomic E-state index is 0.0266. The van der Waals surface area contributed by atoms with Crippen LogP contribution in [0.5, 0.6) is 0 Å². The molecule has 1 aliphatic rings. The number of nitrogens with two attached hydrogens (primary N) is 1. The summed E-state index contributed by atoms with van der Waals surface area (Å²) < 4.78 is 0. The molecule has 6 heteroatoms. The highest BCUT2D eigenvalue weighted by atomic mass is 16.6. The lowest BCUT2D eigenvalue weighted by Crippen LogP contribution is -2.53. The zero-order valence-electron chi connectivity index (χ0n) is 11.8. The van der Waals surface area contributed by atoms with E-state index in [4.69, 9.17) is 5.73 Å². The van der Waals surface area contributed by atoms with Crippen molar-refractivity contribution in [3.05, 3.63) is 35.4 Å². The lowest BCUT2D eigenvalue weighted by molar-refractivity contribution is -0.129. The number of hydrogen-bond acceptors (Lipinski definition) is 4. The molecule has 108 valence electrons. The van der Waals surface area contributed by atoms with Crippen LogP contribution < -0.4 is 11.1 Å². The molecule has 1 aromatic rings. The predicted molar refractivity (Wildman–Crippen MR) is 77.1 cm³/mol. The molecule has 20 heavy (non-hydrogen) atoms. The first-order valence-corrected chi connectivity index (χ1v) is 6.55. The van der Waals surface area contributed by atoms with E-state index >= 15 is 0 Å². The van der Waals surface area contributed by atoms with Crippen LogP contribution in [0.2, 0.25) is 0 Å². The first-order chi connectivity index (χ1) is 9.61. The summed E-state index contributed by atoms with van der Waals surface area (Å²) in [5, 5.41) is 6.61. The largest absolute Gasteiger partial charge is 0.397 e. The number of hydrogen-bond donors (Lipinski definition) is 2. The maximum atomic E-state index is 11.9. The van der Waals surface area contributed by atoms with Crippen LogP contribution in [0.4, 0.5) is 0 Å². The van der Waals surface area contributed by atoms with Crippen molar-refractivity contribution in [2.24, 2.45) is 10.9 Å². The van der Waals surface area contributed by atoms with E-state index < -0.39 is 0 Å². The van der Waals surface area contributed by atoms with Gasteiger partial charge < -0.3 is 15.9 Å². The molecule has 1 saturated heterocycles. The zero-order valence-corrected chi connectivity index (χ0v) is 11.8. The van der Waals surface area contributed by atoms with Gasteiger partial charge in [-0.2, -0.15) is 0 Å². The van der Waals surface area contributed by atoms with Crippen molar-refractivity contribution in [2.75, 3.05) is 20.7 Å². The second kappa shape index (κ2) is 6.38.